The van der Waals surface area contributed by atoms with Gasteiger partial charge in [0, 0.05) is 11.6 Å². The zero-order chi connectivity index (χ0) is 16.2. The van der Waals surface area contributed by atoms with E-state index in [-0.39, 0.29) is 17.9 Å². The Labute approximate surface area is 136 Å². The molecule has 124 valence electrons. The van der Waals surface area contributed by atoms with Gasteiger partial charge in [-0.05, 0) is 25.3 Å². The molecule has 5 heteroatoms. The van der Waals surface area contributed by atoms with Crippen molar-refractivity contribution in [2.24, 2.45) is 5.92 Å². The van der Waals surface area contributed by atoms with Gasteiger partial charge in [0.05, 0.1) is 18.4 Å². The van der Waals surface area contributed by atoms with Crippen LogP contribution in [0.1, 0.15) is 50.0 Å². The Hall–Kier alpha value is -2.04. The first-order valence-electron chi connectivity index (χ1n) is 8.41. The predicted octanol–water partition coefficient (Wildman–Crippen LogP) is 2.70. The Balaban J connectivity index is 1.74. The fraction of sp³-hybridized carbons (Fsp3) is 0.556. The van der Waals surface area contributed by atoms with E-state index in [2.05, 4.69) is 5.32 Å². The smallest absolute Gasteiger partial charge is 0.308 e. The molecule has 1 amide bonds. The lowest BCUT2D eigenvalue weighted by Crippen LogP contribution is -2.45. The Bertz CT molecular complexity index is 586. The molecule has 0 saturated heterocycles. The van der Waals surface area contributed by atoms with Gasteiger partial charge in [0.1, 0.15) is 5.75 Å². The Morgan fingerprint density at radius 3 is 2.70 bits per heavy atom. The van der Waals surface area contributed by atoms with Crippen molar-refractivity contribution < 1.29 is 19.4 Å². The molecule has 1 aromatic carbocycles. The fourth-order valence-electron chi connectivity index (χ4n) is 3.67. The highest BCUT2D eigenvalue weighted by Crippen LogP contribution is 2.34. The van der Waals surface area contributed by atoms with Crippen LogP contribution in [0.5, 0.6) is 5.75 Å². The Kier molecular flexibility index (Phi) is 4.84. The predicted molar refractivity (Wildman–Crippen MR) is 85.4 cm³/mol. The highest BCUT2D eigenvalue weighted by Gasteiger charge is 2.34. The minimum atomic E-state index is -0.801. The summed E-state index contributed by atoms with van der Waals surface area (Å²) in [6, 6.07) is 7.32. The number of carboxylic acids is 1. The van der Waals surface area contributed by atoms with E-state index in [0.29, 0.717) is 19.4 Å². The number of rotatable bonds is 3. The van der Waals surface area contributed by atoms with Crippen molar-refractivity contribution in [3.8, 4) is 5.75 Å². The minimum Gasteiger partial charge on any atom is -0.493 e. The number of carbonyl (C=O) groups excluding carboxylic acids is 1. The van der Waals surface area contributed by atoms with Gasteiger partial charge in [-0.2, -0.15) is 0 Å². The van der Waals surface area contributed by atoms with Gasteiger partial charge in [0.2, 0.25) is 5.91 Å². The van der Waals surface area contributed by atoms with Gasteiger partial charge in [-0.1, -0.05) is 37.5 Å². The average Bonchev–Trinajstić information content (AvgIpc) is 2.79. The van der Waals surface area contributed by atoms with Gasteiger partial charge >= 0.3 is 5.97 Å². The molecule has 1 aliphatic carbocycles. The first kappa shape index (κ1) is 15.8. The van der Waals surface area contributed by atoms with E-state index in [0.717, 1.165) is 37.0 Å². The number of ether oxygens (including phenoxy) is 1. The Morgan fingerprint density at radius 2 is 1.87 bits per heavy atom. The second-order valence-electron chi connectivity index (χ2n) is 6.43. The number of para-hydroxylation sites is 1. The van der Waals surface area contributed by atoms with E-state index in [1.165, 1.54) is 0 Å². The third kappa shape index (κ3) is 3.49. The van der Waals surface area contributed by atoms with Crippen LogP contribution in [0.25, 0.3) is 0 Å². The van der Waals surface area contributed by atoms with Gasteiger partial charge in [0.25, 0.3) is 0 Å². The summed E-state index contributed by atoms with van der Waals surface area (Å²) in [6.45, 7) is 0.516. The minimum absolute atomic E-state index is 0.0705. The molecule has 0 radical (unpaired) electrons. The van der Waals surface area contributed by atoms with Crippen molar-refractivity contribution in [3.63, 3.8) is 0 Å². The molecule has 0 aromatic heterocycles. The largest absolute Gasteiger partial charge is 0.493 e. The van der Waals surface area contributed by atoms with Gasteiger partial charge in [-0.3, -0.25) is 9.59 Å². The van der Waals surface area contributed by atoms with Crippen LogP contribution in [-0.4, -0.2) is 29.6 Å². The highest BCUT2D eigenvalue weighted by molar-refractivity contribution is 5.85. The molecule has 1 saturated carbocycles. The average molecular weight is 317 g/mol. The molecule has 0 spiro atoms. The summed E-state index contributed by atoms with van der Waals surface area (Å²) in [7, 11) is 0. The van der Waals surface area contributed by atoms with Crippen LogP contribution in [0.3, 0.4) is 0 Å². The van der Waals surface area contributed by atoms with E-state index in [9.17, 15) is 14.7 Å². The summed E-state index contributed by atoms with van der Waals surface area (Å²) in [5.74, 6) is -0.841. The zero-order valence-electron chi connectivity index (χ0n) is 13.2. The molecular formula is C18H23NO4. The van der Waals surface area contributed by atoms with Crippen LogP contribution < -0.4 is 10.1 Å². The molecule has 5 nitrogen and oxygen atoms in total. The monoisotopic (exact) mass is 317 g/mol. The zero-order valence-corrected chi connectivity index (χ0v) is 13.2. The first-order chi connectivity index (χ1) is 11.2. The van der Waals surface area contributed by atoms with Crippen LogP contribution in [0, 0.1) is 5.92 Å². The second-order valence-corrected chi connectivity index (χ2v) is 6.43. The molecule has 1 heterocycles. The van der Waals surface area contributed by atoms with Crippen LogP contribution in [0.15, 0.2) is 24.3 Å². The van der Waals surface area contributed by atoms with E-state index in [4.69, 9.17) is 4.74 Å². The standard InChI is InChI=1S/C18H23NO4/c20-17(13-10-11-23-16-9-5-4-6-12(13)16)19-15-8-3-1-2-7-14(15)18(21)22/h4-6,9,13-15H,1-3,7-8,10-11H2,(H,19,20)(H,21,22)/t13?,14-,15+/m1/s1. The van der Waals surface area contributed by atoms with E-state index in [1.807, 2.05) is 24.3 Å². The number of hydrogen-bond donors (Lipinski definition) is 2. The number of fused-ring (bicyclic) bond motifs is 1. The molecule has 3 atom stereocenters. The van der Waals surface area contributed by atoms with Crippen LogP contribution >= 0.6 is 0 Å². The Morgan fingerprint density at radius 1 is 1.09 bits per heavy atom. The third-order valence-electron chi connectivity index (χ3n) is 4.94. The number of benzene rings is 1. The molecule has 1 aromatic rings. The number of amides is 1. The van der Waals surface area contributed by atoms with Crippen molar-refractivity contribution in [2.45, 2.75) is 50.5 Å². The molecule has 1 unspecified atom stereocenters. The van der Waals surface area contributed by atoms with Gasteiger partial charge in [-0.25, -0.2) is 0 Å². The lowest BCUT2D eigenvalue weighted by molar-refractivity contribution is -0.143. The van der Waals surface area contributed by atoms with Crippen LogP contribution in [-0.2, 0) is 9.59 Å². The molecule has 23 heavy (non-hydrogen) atoms. The van der Waals surface area contributed by atoms with Crippen molar-refractivity contribution in [2.75, 3.05) is 6.61 Å². The van der Waals surface area contributed by atoms with E-state index < -0.39 is 11.9 Å². The summed E-state index contributed by atoms with van der Waals surface area (Å²) < 4.78 is 5.60. The topological polar surface area (TPSA) is 75.6 Å². The maximum absolute atomic E-state index is 12.7. The molecule has 2 aliphatic rings. The maximum Gasteiger partial charge on any atom is 0.308 e. The van der Waals surface area contributed by atoms with Gasteiger partial charge in [-0.15, -0.1) is 0 Å². The number of nitrogens with one attached hydrogen (secondary N) is 1. The quantitative estimate of drug-likeness (QED) is 0.841. The molecule has 3 rings (SSSR count). The lowest BCUT2D eigenvalue weighted by Gasteiger charge is -2.29. The number of carboxylic acid groups (broad SMARTS) is 1. The van der Waals surface area contributed by atoms with Gasteiger partial charge in [0.15, 0.2) is 0 Å². The summed E-state index contributed by atoms with van der Waals surface area (Å²) in [5.41, 5.74) is 0.900. The third-order valence-corrected chi connectivity index (χ3v) is 4.94. The highest BCUT2D eigenvalue weighted by atomic mass is 16.5. The molecule has 0 bridgehead atoms. The molecule has 2 N–H and O–H groups in total. The summed E-state index contributed by atoms with van der Waals surface area (Å²) in [6.07, 6.45) is 4.95. The van der Waals surface area contributed by atoms with Crippen LogP contribution in [0.2, 0.25) is 0 Å². The normalized spacial score (nSPS) is 27.2. The summed E-state index contributed by atoms with van der Waals surface area (Å²) >= 11 is 0. The van der Waals surface area contributed by atoms with Crippen molar-refractivity contribution in [3.05, 3.63) is 29.8 Å². The number of hydrogen-bond acceptors (Lipinski definition) is 3. The molecular weight excluding hydrogens is 294 g/mol. The lowest BCUT2D eigenvalue weighted by atomic mass is 9.90. The first-order valence-corrected chi connectivity index (χ1v) is 8.41. The summed E-state index contributed by atoms with van der Waals surface area (Å²) in [5, 5.41) is 12.5. The SMILES string of the molecule is O=C(N[C@H]1CCCCC[C@H]1C(=O)O)C1CCOc2ccccc21. The van der Waals surface area contributed by atoms with E-state index in [1.54, 1.807) is 0 Å². The van der Waals surface area contributed by atoms with Crippen molar-refractivity contribution in [1.82, 2.24) is 5.32 Å². The maximum atomic E-state index is 12.7. The second kappa shape index (κ2) is 7.02. The van der Waals surface area contributed by atoms with E-state index >= 15 is 0 Å². The molecule has 1 fully saturated rings. The summed E-state index contributed by atoms with van der Waals surface area (Å²) in [4.78, 5) is 24.3. The van der Waals surface area contributed by atoms with Crippen molar-refractivity contribution >= 4 is 11.9 Å². The van der Waals surface area contributed by atoms with Crippen LogP contribution in [0.4, 0.5) is 0 Å². The van der Waals surface area contributed by atoms with Crippen molar-refractivity contribution in [1.29, 1.82) is 0 Å². The fourth-order valence-corrected chi connectivity index (χ4v) is 3.67. The molecule has 1 aliphatic heterocycles. The number of aliphatic carboxylic acids is 1. The number of carbonyl (C=O) groups is 2. The van der Waals surface area contributed by atoms with Gasteiger partial charge < -0.3 is 15.2 Å².